The lowest BCUT2D eigenvalue weighted by Crippen LogP contribution is -2.15. The van der Waals surface area contributed by atoms with Gasteiger partial charge in [-0.1, -0.05) is 54.2 Å². The predicted molar refractivity (Wildman–Crippen MR) is 123 cm³/mol. The molecule has 0 saturated heterocycles. The van der Waals surface area contributed by atoms with Crippen molar-refractivity contribution in [2.24, 2.45) is 0 Å². The van der Waals surface area contributed by atoms with E-state index in [-0.39, 0.29) is 17.3 Å². The highest BCUT2D eigenvalue weighted by Crippen LogP contribution is 2.25. The van der Waals surface area contributed by atoms with E-state index in [2.05, 4.69) is 15.5 Å². The number of para-hydroxylation sites is 1. The lowest BCUT2D eigenvalue weighted by molar-refractivity contribution is -0.113. The highest BCUT2D eigenvalue weighted by Gasteiger charge is 2.17. The molecule has 1 amide bonds. The van der Waals surface area contributed by atoms with Gasteiger partial charge in [0.2, 0.25) is 5.91 Å². The van der Waals surface area contributed by atoms with Crippen LogP contribution in [0, 0.1) is 5.82 Å². The fraction of sp³-hybridized carbons (Fsp3) is 0.125. The molecular weight excluding hydrogens is 427 g/mol. The third-order valence-corrected chi connectivity index (χ3v) is 5.65. The minimum atomic E-state index is -0.475. The van der Waals surface area contributed by atoms with E-state index >= 15 is 0 Å². The number of hydrogen-bond acceptors (Lipinski definition) is 5. The Balaban J connectivity index is 1.56. The Hall–Kier alpha value is -3.65. The first-order valence-corrected chi connectivity index (χ1v) is 10.9. The minimum absolute atomic E-state index is 0.0635. The van der Waals surface area contributed by atoms with Crippen LogP contribution in [0.4, 0.5) is 10.1 Å². The molecule has 4 rings (SSSR count). The van der Waals surface area contributed by atoms with Crippen LogP contribution in [0.15, 0.2) is 84.0 Å². The minimum Gasteiger partial charge on any atom is -0.497 e. The van der Waals surface area contributed by atoms with Crippen LogP contribution >= 0.6 is 11.8 Å². The maximum Gasteiger partial charge on any atom is 0.234 e. The van der Waals surface area contributed by atoms with Gasteiger partial charge in [-0.3, -0.25) is 9.36 Å². The smallest absolute Gasteiger partial charge is 0.234 e. The zero-order chi connectivity index (χ0) is 22.3. The number of anilines is 1. The number of amides is 1. The van der Waals surface area contributed by atoms with E-state index in [0.29, 0.717) is 11.6 Å². The first-order chi connectivity index (χ1) is 15.6. The van der Waals surface area contributed by atoms with Gasteiger partial charge in [-0.05, 0) is 42.0 Å². The number of nitrogens with one attached hydrogen (secondary N) is 1. The van der Waals surface area contributed by atoms with Gasteiger partial charge in [-0.25, -0.2) is 4.39 Å². The number of thioether (sulfide) groups is 1. The first-order valence-electron chi connectivity index (χ1n) is 9.94. The number of rotatable bonds is 8. The van der Waals surface area contributed by atoms with E-state index in [1.807, 2.05) is 59.2 Å². The Labute approximate surface area is 189 Å². The van der Waals surface area contributed by atoms with Crippen LogP contribution in [0.1, 0.15) is 11.4 Å². The van der Waals surface area contributed by atoms with E-state index in [9.17, 15) is 9.18 Å². The van der Waals surface area contributed by atoms with Crippen molar-refractivity contribution in [3.8, 4) is 11.4 Å². The number of hydrogen-bond donors (Lipinski definition) is 1. The molecule has 1 N–H and O–H groups in total. The van der Waals surface area contributed by atoms with Crippen LogP contribution in [-0.4, -0.2) is 33.5 Å². The van der Waals surface area contributed by atoms with Crippen LogP contribution in [-0.2, 0) is 11.2 Å². The van der Waals surface area contributed by atoms with Crippen molar-refractivity contribution in [3.63, 3.8) is 0 Å². The van der Waals surface area contributed by atoms with E-state index in [1.165, 1.54) is 23.9 Å². The van der Waals surface area contributed by atoms with Crippen LogP contribution in [0.5, 0.6) is 5.75 Å². The van der Waals surface area contributed by atoms with Gasteiger partial charge >= 0.3 is 0 Å². The lowest BCUT2D eigenvalue weighted by atomic mass is 10.1. The van der Waals surface area contributed by atoms with Crippen LogP contribution in [0.25, 0.3) is 5.69 Å². The molecule has 3 aromatic carbocycles. The highest BCUT2D eigenvalue weighted by atomic mass is 32.2. The molecule has 1 aromatic heterocycles. The quantitative estimate of drug-likeness (QED) is 0.395. The molecule has 0 fully saturated rings. The van der Waals surface area contributed by atoms with Gasteiger partial charge in [0.05, 0.1) is 18.6 Å². The van der Waals surface area contributed by atoms with Crippen LogP contribution < -0.4 is 10.1 Å². The molecule has 0 aliphatic rings. The molecule has 0 saturated carbocycles. The van der Waals surface area contributed by atoms with E-state index < -0.39 is 5.82 Å². The molecule has 6 nitrogen and oxygen atoms in total. The fourth-order valence-electron chi connectivity index (χ4n) is 3.16. The largest absolute Gasteiger partial charge is 0.497 e. The molecule has 0 aliphatic heterocycles. The predicted octanol–water partition coefficient (Wildman–Crippen LogP) is 4.74. The van der Waals surface area contributed by atoms with E-state index in [1.54, 1.807) is 19.2 Å². The normalized spacial score (nSPS) is 10.7. The number of carbonyl (C=O) groups excluding carboxylic acids is 1. The number of aromatic nitrogens is 3. The Kier molecular flexibility index (Phi) is 6.81. The molecule has 4 aromatic rings. The van der Waals surface area contributed by atoms with Crippen molar-refractivity contribution >= 4 is 23.4 Å². The maximum absolute atomic E-state index is 13.8. The summed E-state index contributed by atoms with van der Waals surface area (Å²) < 4.78 is 21.0. The zero-order valence-corrected chi connectivity index (χ0v) is 18.2. The second-order valence-corrected chi connectivity index (χ2v) is 7.85. The first kappa shape index (κ1) is 21.6. The Bertz CT molecular complexity index is 1200. The number of methoxy groups -OCH3 is 1. The zero-order valence-electron chi connectivity index (χ0n) is 17.4. The third kappa shape index (κ3) is 5.15. The molecule has 0 bridgehead atoms. The summed E-state index contributed by atoms with van der Waals surface area (Å²) in [5.41, 5.74) is 2.11. The van der Waals surface area contributed by atoms with Crippen molar-refractivity contribution in [1.82, 2.24) is 14.8 Å². The molecule has 162 valence electrons. The monoisotopic (exact) mass is 448 g/mol. The van der Waals surface area contributed by atoms with Crippen molar-refractivity contribution in [2.75, 3.05) is 18.2 Å². The van der Waals surface area contributed by atoms with Crippen molar-refractivity contribution in [1.29, 1.82) is 0 Å². The molecule has 8 heteroatoms. The van der Waals surface area contributed by atoms with Gasteiger partial charge in [-0.2, -0.15) is 0 Å². The fourth-order valence-corrected chi connectivity index (χ4v) is 3.93. The summed E-state index contributed by atoms with van der Waals surface area (Å²) in [5.74, 6) is 0.753. The summed E-state index contributed by atoms with van der Waals surface area (Å²) >= 11 is 1.24. The van der Waals surface area contributed by atoms with Crippen molar-refractivity contribution in [3.05, 3.63) is 96.1 Å². The molecule has 0 aliphatic carbocycles. The SMILES string of the molecule is COc1ccc(-n2c(Cc3ccccc3)nnc2SCC(=O)Nc2ccccc2F)cc1. The average Bonchev–Trinajstić information content (AvgIpc) is 3.22. The van der Waals surface area contributed by atoms with Gasteiger partial charge in [-0.15, -0.1) is 10.2 Å². The molecule has 0 spiro atoms. The average molecular weight is 449 g/mol. The van der Waals surface area contributed by atoms with Gasteiger partial charge < -0.3 is 10.1 Å². The van der Waals surface area contributed by atoms with Gasteiger partial charge in [0.25, 0.3) is 0 Å². The molecule has 32 heavy (non-hydrogen) atoms. The van der Waals surface area contributed by atoms with Crippen LogP contribution in [0.3, 0.4) is 0 Å². The summed E-state index contributed by atoms with van der Waals surface area (Å²) in [5, 5.41) is 11.9. The third-order valence-electron chi connectivity index (χ3n) is 4.72. The topological polar surface area (TPSA) is 69.0 Å². The standard InChI is InChI=1S/C24H21FN4O2S/c1-31-19-13-11-18(12-14-19)29-22(15-17-7-3-2-4-8-17)27-28-24(29)32-16-23(30)26-21-10-6-5-9-20(21)25/h2-14H,15-16H2,1H3,(H,26,30). The van der Waals surface area contributed by atoms with Crippen molar-refractivity contribution < 1.29 is 13.9 Å². The summed E-state index contributed by atoms with van der Waals surface area (Å²) in [6, 6.07) is 23.6. The lowest BCUT2D eigenvalue weighted by Gasteiger charge is -2.11. The number of nitrogens with zero attached hydrogens (tertiary/aromatic N) is 3. The molecule has 0 radical (unpaired) electrons. The number of benzene rings is 3. The summed E-state index contributed by atoms with van der Waals surface area (Å²) in [6.07, 6.45) is 0.585. The molecule has 0 unspecified atom stereocenters. The number of carbonyl (C=O) groups is 1. The Morgan fingerprint density at radius 3 is 2.44 bits per heavy atom. The second-order valence-electron chi connectivity index (χ2n) is 6.91. The molecule has 1 heterocycles. The molecular formula is C24H21FN4O2S. The van der Waals surface area contributed by atoms with Gasteiger partial charge in [0, 0.05) is 12.1 Å². The summed E-state index contributed by atoms with van der Waals surface area (Å²) in [7, 11) is 1.62. The van der Waals surface area contributed by atoms with Crippen LogP contribution in [0.2, 0.25) is 0 Å². The Morgan fingerprint density at radius 1 is 1.00 bits per heavy atom. The number of halogens is 1. The molecule has 0 atom stereocenters. The maximum atomic E-state index is 13.8. The number of ether oxygens (including phenoxy) is 1. The van der Waals surface area contributed by atoms with E-state index in [4.69, 9.17) is 4.74 Å². The van der Waals surface area contributed by atoms with Crippen molar-refractivity contribution in [2.45, 2.75) is 11.6 Å². The second kappa shape index (κ2) is 10.1. The van der Waals surface area contributed by atoms with Gasteiger partial charge in [0.1, 0.15) is 17.4 Å². The van der Waals surface area contributed by atoms with E-state index in [0.717, 1.165) is 22.8 Å². The summed E-state index contributed by atoms with van der Waals surface area (Å²) in [6.45, 7) is 0. The van der Waals surface area contributed by atoms with Gasteiger partial charge in [0.15, 0.2) is 5.16 Å². The highest BCUT2D eigenvalue weighted by molar-refractivity contribution is 7.99. The Morgan fingerprint density at radius 2 is 1.72 bits per heavy atom. The summed E-state index contributed by atoms with van der Waals surface area (Å²) in [4.78, 5) is 12.4.